The molecule has 8 heteroatoms. The Labute approximate surface area is 211 Å². The fourth-order valence-corrected chi connectivity index (χ4v) is 4.37. The number of hydrogen-bond acceptors (Lipinski definition) is 5. The minimum atomic E-state index is -0.283. The molecule has 3 rings (SSSR count). The first-order valence-corrected chi connectivity index (χ1v) is 12.9. The van der Waals surface area contributed by atoms with Crippen LogP contribution in [0.4, 0.5) is 5.69 Å². The number of rotatable bonds is 10. The van der Waals surface area contributed by atoms with E-state index in [9.17, 15) is 4.79 Å². The number of ether oxygens (including phenoxy) is 1. The van der Waals surface area contributed by atoms with Crippen molar-refractivity contribution in [2.75, 3.05) is 11.1 Å². The maximum absolute atomic E-state index is 12.5. The van der Waals surface area contributed by atoms with E-state index in [1.165, 1.54) is 17.3 Å². The highest BCUT2D eigenvalue weighted by Gasteiger charge is 2.21. The third-order valence-corrected chi connectivity index (χ3v) is 6.68. The lowest BCUT2D eigenvalue weighted by atomic mass is 10.0. The number of carbonyl (C=O) groups is 1. The Morgan fingerprint density at radius 1 is 1.09 bits per heavy atom. The van der Waals surface area contributed by atoms with Crippen molar-refractivity contribution in [2.24, 2.45) is 5.92 Å². The second-order valence-electron chi connectivity index (χ2n) is 9.13. The van der Waals surface area contributed by atoms with Gasteiger partial charge in [-0.3, -0.25) is 4.79 Å². The van der Waals surface area contributed by atoms with Crippen LogP contribution < -0.4 is 10.1 Å². The number of amides is 1. The van der Waals surface area contributed by atoms with Crippen molar-refractivity contribution in [1.82, 2.24) is 14.8 Å². The number of hydrogen-bond donors (Lipinski definition) is 1. The molecule has 182 valence electrons. The van der Waals surface area contributed by atoms with Crippen LogP contribution in [0.2, 0.25) is 5.02 Å². The van der Waals surface area contributed by atoms with Gasteiger partial charge in [0.15, 0.2) is 17.1 Å². The zero-order chi connectivity index (χ0) is 24.8. The second kappa shape index (κ2) is 11.8. The van der Waals surface area contributed by atoms with Crippen molar-refractivity contribution in [1.29, 1.82) is 0 Å². The first-order valence-electron chi connectivity index (χ1n) is 11.5. The van der Waals surface area contributed by atoms with Crippen LogP contribution in [-0.4, -0.2) is 26.4 Å². The third kappa shape index (κ3) is 7.00. The van der Waals surface area contributed by atoms with Crippen LogP contribution in [0, 0.1) is 12.8 Å². The van der Waals surface area contributed by atoms with Gasteiger partial charge in [0.2, 0.25) is 5.91 Å². The predicted molar refractivity (Wildman–Crippen MR) is 140 cm³/mol. The normalized spacial score (nSPS) is 12.3. The lowest BCUT2D eigenvalue weighted by Gasteiger charge is -2.18. The Balaban J connectivity index is 1.68. The van der Waals surface area contributed by atoms with Gasteiger partial charge in [-0.25, -0.2) is 0 Å². The minimum absolute atomic E-state index is 0.125. The molecule has 3 aromatic rings. The van der Waals surface area contributed by atoms with E-state index in [1.807, 2.05) is 38.1 Å². The van der Waals surface area contributed by atoms with Gasteiger partial charge in [0.25, 0.3) is 0 Å². The quantitative estimate of drug-likeness (QED) is 0.307. The number of benzene rings is 2. The average Bonchev–Trinajstić information content (AvgIpc) is 3.17. The molecule has 0 bridgehead atoms. The lowest BCUT2D eigenvalue weighted by molar-refractivity contribution is -0.113. The molecule has 1 amide bonds. The van der Waals surface area contributed by atoms with Crippen LogP contribution in [-0.2, 0) is 11.3 Å². The van der Waals surface area contributed by atoms with Crippen molar-refractivity contribution in [2.45, 2.75) is 65.3 Å². The van der Waals surface area contributed by atoms with Crippen LogP contribution in [0.15, 0.2) is 47.6 Å². The number of nitrogens with zero attached hydrogens (tertiary/aromatic N) is 3. The summed E-state index contributed by atoms with van der Waals surface area (Å²) in [6.45, 7) is 13.3. The maximum Gasteiger partial charge on any atom is 0.234 e. The van der Waals surface area contributed by atoms with Gasteiger partial charge >= 0.3 is 0 Å². The monoisotopic (exact) mass is 500 g/mol. The van der Waals surface area contributed by atoms with Crippen molar-refractivity contribution in [3.63, 3.8) is 0 Å². The highest BCUT2D eigenvalue weighted by molar-refractivity contribution is 7.99. The van der Waals surface area contributed by atoms with Crippen LogP contribution >= 0.6 is 23.4 Å². The molecular weight excluding hydrogens is 468 g/mol. The number of nitrogens with one attached hydrogen (secondary N) is 1. The van der Waals surface area contributed by atoms with Gasteiger partial charge < -0.3 is 14.6 Å². The average molecular weight is 501 g/mol. The highest BCUT2D eigenvalue weighted by Crippen LogP contribution is 2.27. The van der Waals surface area contributed by atoms with Gasteiger partial charge in [0.05, 0.1) is 5.75 Å². The van der Waals surface area contributed by atoms with E-state index in [0.717, 1.165) is 23.7 Å². The Morgan fingerprint density at radius 3 is 2.41 bits per heavy atom. The van der Waals surface area contributed by atoms with Crippen LogP contribution in [0.3, 0.4) is 0 Å². The summed E-state index contributed by atoms with van der Waals surface area (Å²) in [5.74, 6) is 2.49. The number of thioether (sulfide) groups is 1. The Bertz CT molecular complexity index is 1110. The summed E-state index contributed by atoms with van der Waals surface area (Å²) < 4.78 is 8.23. The summed E-state index contributed by atoms with van der Waals surface area (Å²) in [5, 5.41) is 13.0. The third-order valence-electron chi connectivity index (χ3n) is 5.30. The van der Waals surface area contributed by atoms with Crippen LogP contribution in [0.25, 0.3) is 0 Å². The number of aryl methyl sites for hydroxylation is 1. The van der Waals surface area contributed by atoms with Gasteiger partial charge in [-0.1, -0.05) is 69.3 Å². The number of halogens is 1. The molecule has 0 saturated carbocycles. The van der Waals surface area contributed by atoms with Gasteiger partial charge in [0, 0.05) is 17.3 Å². The summed E-state index contributed by atoms with van der Waals surface area (Å²) >= 11 is 7.52. The lowest BCUT2D eigenvalue weighted by Crippen LogP contribution is -2.17. The maximum atomic E-state index is 12.5. The molecule has 34 heavy (non-hydrogen) atoms. The predicted octanol–water partition coefficient (Wildman–Crippen LogP) is 6.89. The standard InChI is InChI=1S/C26H33ClN4O2S/c1-16(2)14-31-25(19(6)33-22-11-8-20(9-12-22)17(3)4)29-30-26(31)34-15-24(32)28-21-10-7-18(5)23(27)13-21/h7-13,16-17,19H,14-15H2,1-6H3,(H,28,32). The summed E-state index contributed by atoms with van der Waals surface area (Å²) in [6, 6.07) is 13.6. The van der Waals surface area contributed by atoms with Crippen molar-refractivity contribution >= 4 is 35.0 Å². The Morgan fingerprint density at radius 2 is 1.79 bits per heavy atom. The van der Waals surface area contributed by atoms with E-state index in [2.05, 4.69) is 59.9 Å². The largest absolute Gasteiger partial charge is 0.483 e. The molecule has 0 fully saturated rings. The molecule has 1 N–H and O–H groups in total. The zero-order valence-corrected chi connectivity index (χ0v) is 22.2. The Hall–Kier alpha value is -2.51. The number of anilines is 1. The van der Waals surface area contributed by atoms with E-state index >= 15 is 0 Å². The summed E-state index contributed by atoms with van der Waals surface area (Å²) in [5.41, 5.74) is 2.92. The van der Waals surface area contributed by atoms with Crippen molar-refractivity contribution < 1.29 is 9.53 Å². The Kier molecular flexibility index (Phi) is 9.03. The number of aromatic nitrogens is 3. The van der Waals surface area contributed by atoms with Gasteiger partial charge in [-0.15, -0.1) is 10.2 Å². The molecular formula is C26H33ClN4O2S. The molecule has 1 heterocycles. The zero-order valence-electron chi connectivity index (χ0n) is 20.6. The minimum Gasteiger partial charge on any atom is -0.483 e. The van der Waals surface area contributed by atoms with Gasteiger partial charge in [-0.05, 0) is 61.1 Å². The topological polar surface area (TPSA) is 69.0 Å². The van der Waals surface area contributed by atoms with Crippen LogP contribution in [0.5, 0.6) is 5.75 Å². The molecule has 0 aliphatic heterocycles. The van der Waals surface area contributed by atoms with E-state index in [0.29, 0.717) is 27.7 Å². The fraction of sp³-hybridized carbons (Fsp3) is 0.423. The van der Waals surface area contributed by atoms with E-state index in [-0.39, 0.29) is 17.8 Å². The molecule has 0 saturated heterocycles. The molecule has 2 aromatic carbocycles. The van der Waals surface area contributed by atoms with E-state index in [1.54, 1.807) is 6.07 Å². The van der Waals surface area contributed by atoms with Gasteiger partial charge in [-0.2, -0.15) is 0 Å². The molecule has 0 radical (unpaired) electrons. The molecule has 0 aliphatic rings. The van der Waals surface area contributed by atoms with Gasteiger partial charge in [0.1, 0.15) is 5.75 Å². The summed E-state index contributed by atoms with van der Waals surface area (Å²) in [6.07, 6.45) is -0.283. The first-order chi connectivity index (χ1) is 16.1. The SMILES string of the molecule is Cc1ccc(NC(=O)CSc2nnc(C(C)Oc3ccc(C(C)C)cc3)n2CC(C)C)cc1Cl. The molecule has 1 unspecified atom stereocenters. The molecule has 0 spiro atoms. The van der Waals surface area contributed by atoms with Crippen molar-refractivity contribution in [3.05, 3.63) is 64.4 Å². The van der Waals surface area contributed by atoms with E-state index in [4.69, 9.17) is 16.3 Å². The molecule has 1 atom stereocenters. The van der Waals surface area contributed by atoms with Crippen molar-refractivity contribution in [3.8, 4) is 5.75 Å². The van der Waals surface area contributed by atoms with E-state index < -0.39 is 0 Å². The number of carbonyl (C=O) groups excluding carboxylic acids is 1. The summed E-state index contributed by atoms with van der Waals surface area (Å²) in [7, 11) is 0. The summed E-state index contributed by atoms with van der Waals surface area (Å²) in [4.78, 5) is 12.5. The van der Waals surface area contributed by atoms with Crippen LogP contribution in [0.1, 0.15) is 63.6 Å². The second-order valence-corrected chi connectivity index (χ2v) is 10.5. The smallest absolute Gasteiger partial charge is 0.234 e. The molecule has 1 aromatic heterocycles. The molecule has 6 nitrogen and oxygen atoms in total. The highest BCUT2D eigenvalue weighted by atomic mass is 35.5. The fourth-order valence-electron chi connectivity index (χ4n) is 3.43. The first kappa shape index (κ1) is 26.1. The molecule has 0 aliphatic carbocycles.